The minimum absolute atomic E-state index is 0.0289. The SMILES string of the molecule is C=CCNC(=O)C(C)Oc1c(F)cccc1CN. The zero-order valence-corrected chi connectivity index (χ0v) is 10.3. The highest BCUT2D eigenvalue weighted by Crippen LogP contribution is 2.23. The molecule has 0 bridgehead atoms. The molecule has 1 aromatic carbocycles. The van der Waals surface area contributed by atoms with E-state index in [1.54, 1.807) is 25.1 Å². The predicted molar refractivity (Wildman–Crippen MR) is 67.6 cm³/mol. The first kappa shape index (κ1) is 14.2. The van der Waals surface area contributed by atoms with Gasteiger partial charge in [0, 0.05) is 18.7 Å². The van der Waals surface area contributed by atoms with Crippen LogP contribution < -0.4 is 15.8 Å². The lowest BCUT2D eigenvalue weighted by molar-refractivity contribution is -0.127. The van der Waals surface area contributed by atoms with E-state index in [4.69, 9.17) is 10.5 Å². The first-order valence-electron chi connectivity index (χ1n) is 5.62. The molecule has 0 saturated carbocycles. The van der Waals surface area contributed by atoms with Gasteiger partial charge in [0.05, 0.1) is 0 Å². The fourth-order valence-electron chi connectivity index (χ4n) is 1.39. The topological polar surface area (TPSA) is 64.3 Å². The Morgan fingerprint density at radius 2 is 2.39 bits per heavy atom. The van der Waals surface area contributed by atoms with Crippen molar-refractivity contribution >= 4 is 5.91 Å². The molecule has 0 aliphatic rings. The van der Waals surface area contributed by atoms with Crippen molar-refractivity contribution in [2.75, 3.05) is 6.54 Å². The van der Waals surface area contributed by atoms with E-state index >= 15 is 0 Å². The van der Waals surface area contributed by atoms with E-state index in [2.05, 4.69) is 11.9 Å². The molecule has 0 fully saturated rings. The monoisotopic (exact) mass is 252 g/mol. The number of ether oxygens (including phenoxy) is 1. The van der Waals surface area contributed by atoms with E-state index in [1.807, 2.05) is 0 Å². The number of nitrogens with one attached hydrogen (secondary N) is 1. The van der Waals surface area contributed by atoms with Gasteiger partial charge < -0.3 is 15.8 Å². The van der Waals surface area contributed by atoms with Crippen LogP contribution in [-0.2, 0) is 11.3 Å². The Bertz CT molecular complexity index is 435. The number of benzene rings is 1. The number of nitrogens with two attached hydrogens (primary N) is 1. The summed E-state index contributed by atoms with van der Waals surface area (Å²) in [5.74, 6) is -0.830. The smallest absolute Gasteiger partial charge is 0.261 e. The molecule has 1 aromatic rings. The summed E-state index contributed by atoms with van der Waals surface area (Å²) in [6, 6.07) is 4.47. The molecular formula is C13H17FN2O2. The maximum Gasteiger partial charge on any atom is 0.261 e. The summed E-state index contributed by atoms with van der Waals surface area (Å²) in [4.78, 5) is 11.6. The lowest BCUT2D eigenvalue weighted by atomic mass is 10.2. The molecule has 0 aromatic heterocycles. The highest BCUT2D eigenvalue weighted by Gasteiger charge is 2.17. The predicted octanol–water partition coefficient (Wildman–Crippen LogP) is 1.35. The second-order valence-electron chi connectivity index (χ2n) is 3.73. The number of rotatable bonds is 6. The number of para-hydroxylation sites is 1. The van der Waals surface area contributed by atoms with Crippen molar-refractivity contribution in [1.82, 2.24) is 5.32 Å². The summed E-state index contributed by atoms with van der Waals surface area (Å²) < 4.78 is 18.9. The van der Waals surface area contributed by atoms with Crippen LogP contribution in [0.4, 0.5) is 4.39 Å². The summed E-state index contributed by atoms with van der Waals surface area (Å²) in [5, 5.41) is 2.57. The third-order valence-corrected chi connectivity index (χ3v) is 2.35. The first-order chi connectivity index (χ1) is 8.60. The number of hydrogen-bond acceptors (Lipinski definition) is 3. The van der Waals surface area contributed by atoms with Gasteiger partial charge in [0.1, 0.15) is 0 Å². The van der Waals surface area contributed by atoms with Crippen molar-refractivity contribution in [2.45, 2.75) is 19.6 Å². The van der Waals surface area contributed by atoms with Crippen molar-refractivity contribution < 1.29 is 13.9 Å². The van der Waals surface area contributed by atoms with Crippen molar-refractivity contribution in [3.8, 4) is 5.75 Å². The molecule has 18 heavy (non-hydrogen) atoms. The average Bonchev–Trinajstić information content (AvgIpc) is 2.38. The largest absolute Gasteiger partial charge is 0.477 e. The summed E-state index contributed by atoms with van der Waals surface area (Å²) >= 11 is 0. The second-order valence-corrected chi connectivity index (χ2v) is 3.73. The van der Waals surface area contributed by atoms with Crippen LogP contribution in [0.25, 0.3) is 0 Å². The van der Waals surface area contributed by atoms with Gasteiger partial charge in [0.25, 0.3) is 5.91 Å². The molecule has 1 amide bonds. The van der Waals surface area contributed by atoms with Crippen LogP contribution in [0.2, 0.25) is 0 Å². The van der Waals surface area contributed by atoms with Gasteiger partial charge >= 0.3 is 0 Å². The highest BCUT2D eigenvalue weighted by molar-refractivity contribution is 5.80. The number of carbonyl (C=O) groups is 1. The molecule has 1 unspecified atom stereocenters. The molecular weight excluding hydrogens is 235 g/mol. The normalized spacial score (nSPS) is 11.7. The molecule has 1 rings (SSSR count). The van der Waals surface area contributed by atoms with Crippen LogP contribution in [-0.4, -0.2) is 18.6 Å². The van der Waals surface area contributed by atoms with Crippen LogP contribution in [0.15, 0.2) is 30.9 Å². The molecule has 1 atom stereocenters. The Kier molecular flexibility index (Phi) is 5.32. The van der Waals surface area contributed by atoms with Crippen LogP contribution in [0.3, 0.4) is 0 Å². The summed E-state index contributed by atoms with van der Waals surface area (Å²) in [7, 11) is 0. The Morgan fingerprint density at radius 3 is 3.00 bits per heavy atom. The van der Waals surface area contributed by atoms with Gasteiger partial charge in [0.15, 0.2) is 17.7 Å². The van der Waals surface area contributed by atoms with Crippen LogP contribution in [0.5, 0.6) is 5.75 Å². The fourth-order valence-corrected chi connectivity index (χ4v) is 1.39. The summed E-state index contributed by atoms with van der Waals surface area (Å²) in [5.41, 5.74) is 6.02. The highest BCUT2D eigenvalue weighted by atomic mass is 19.1. The van der Waals surface area contributed by atoms with E-state index in [9.17, 15) is 9.18 Å². The Labute approximate surface area is 106 Å². The zero-order valence-electron chi connectivity index (χ0n) is 10.3. The van der Waals surface area contributed by atoms with Crippen LogP contribution >= 0.6 is 0 Å². The molecule has 0 aliphatic carbocycles. The van der Waals surface area contributed by atoms with E-state index in [1.165, 1.54) is 6.07 Å². The average molecular weight is 252 g/mol. The van der Waals surface area contributed by atoms with Gasteiger partial charge in [-0.15, -0.1) is 6.58 Å². The van der Waals surface area contributed by atoms with Gasteiger partial charge in [-0.25, -0.2) is 4.39 Å². The first-order valence-corrected chi connectivity index (χ1v) is 5.62. The molecule has 0 aliphatic heterocycles. The van der Waals surface area contributed by atoms with E-state index in [-0.39, 0.29) is 18.2 Å². The molecule has 5 heteroatoms. The molecule has 0 spiro atoms. The molecule has 3 N–H and O–H groups in total. The summed E-state index contributed by atoms with van der Waals surface area (Å²) in [6.45, 7) is 5.52. The minimum atomic E-state index is -0.799. The maximum atomic E-state index is 13.6. The fraction of sp³-hybridized carbons (Fsp3) is 0.308. The zero-order chi connectivity index (χ0) is 13.5. The molecule has 0 radical (unpaired) electrons. The van der Waals surface area contributed by atoms with Crippen molar-refractivity contribution in [3.63, 3.8) is 0 Å². The van der Waals surface area contributed by atoms with Gasteiger partial charge in [-0.3, -0.25) is 4.79 Å². The van der Waals surface area contributed by atoms with Gasteiger partial charge in [-0.05, 0) is 13.0 Å². The maximum absolute atomic E-state index is 13.6. The Hall–Kier alpha value is -1.88. The quantitative estimate of drug-likeness (QED) is 0.751. The second kappa shape index (κ2) is 6.76. The van der Waals surface area contributed by atoms with Crippen molar-refractivity contribution in [2.24, 2.45) is 5.73 Å². The van der Waals surface area contributed by atoms with Crippen molar-refractivity contribution in [1.29, 1.82) is 0 Å². The van der Waals surface area contributed by atoms with Gasteiger partial charge in [0.2, 0.25) is 0 Å². The lowest BCUT2D eigenvalue weighted by Gasteiger charge is -2.16. The number of amides is 1. The summed E-state index contributed by atoms with van der Waals surface area (Å²) in [6.07, 6.45) is 0.756. The van der Waals surface area contributed by atoms with E-state index in [0.717, 1.165) is 0 Å². The number of hydrogen-bond donors (Lipinski definition) is 2. The molecule has 0 heterocycles. The van der Waals surface area contributed by atoms with Crippen LogP contribution in [0, 0.1) is 5.82 Å². The van der Waals surface area contributed by atoms with Crippen LogP contribution in [0.1, 0.15) is 12.5 Å². The number of halogens is 1. The molecule has 0 saturated heterocycles. The van der Waals surface area contributed by atoms with Crippen molar-refractivity contribution in [3.05, 3.63) is 42.2 Å². The molecule has 4 nitrogen and oxygen atoms in total. The minimum Gasteiger partial charge on any atom is -0.477 e. The van der Waals surface area contributed by atoms with E-state index in [0.29, 0.717) is 12.1 Å². The van der Waals surface area contributed by atoms with E-state index < -0.39 is 11.9 Å². The third-order valence-electron chi connectivity index (χ3n) is 2.35. The number of carbonyl (C=O) groups excluding carboxylic acids is 1. The van der Waals surface area contributed by atoms with Gasteiger partial charge in [-0.1, -0.05) is 18.2 Å². The molecule has 98 valence electrons. The lowest BCUT2D eigenvalue weighted by Crippen LogP contribution is -2.36. The van der Waals surface area contributed by atoms with Gasteiger partial charge in [-0.2, -0.15) is 0 Å². The standard InChI is InChI=1S/C13H17FN2O2/c1-3-7-16-13(17)9(2)18-12-10(8-15)5-4-6-11(12)14/h3-6,9H,1,7-8,15H2,2H3,(H,16,17). The Balaban J connectivity index is 2.77. The third kappa shape index (κ3) is 3.56. The Morgan fingerprint density at radius 1 is 1.67 bits per heavy atom.